The quantitative estimate of drug-likeness (QED) is 0.0500. The van der Waals surface area contributed by atoms with Crippen LogP contribution in [-0.2, 0) is 34.1 Å². The maximum Gasteiger partial charge on any atom is 0.337 e. The number of sulfonamides is 1. The SMILES string of the molecule is CCC(CC)N(CCN(C)C(=O)Nc1ccc(S(N)(=O)=O)cc1)Cc1cccc(C(=O)Nc2[nH]c3ccccc3c2C(=O)Nc2ccc(CCCc3ccc(C(=O)OC)cc3)cc2)c1. The smallest absolute Gasteiger partial charge is 0.337 e. The lowest BCUT2D eigenvalue weighted by molar-refractivity contribution is 0.0600. The number of anilines is 3. The number of para-hydroxylation sites is 1. The van der Waals surface area contributed by atoms with Crippen LogP contribution in [0.25, 0.3) is 10.9 Å². The number of H-pyrrole nitrogens is 1. The molecule has 334 valence electrons. The minimum atomic E-state index is -3.85. The minimum Gasteiger partial charge on any atom is -0.465 e. The van der Waals surface area contributed by atoms with Gasteiger partial charge in [0.25, 0.3) is 11.8 Å². The predicted molar refractivity (Wildman–Crippen MR) is 251 cm³/mol. The van der Waals surface area contributed by atoms with Gasteiger partial charge in [-0.2, -0.15) is 0 Å². The molecule has 0 saturated carbocycles. The van der Waals surface area contributed by atoms with Gasteiger partial charge in [-0.05, 0) is 116 Å². The molecular formula is C49H55N7O7S. The van der Waals surface area contributed by atoms with Gasteiger partial charge in [-0.15, -0.1) is 0 Å². The number of hydrogen-bond acceptors (Lipinski definition) is 8. The third kappa shape index (κ3) is 12.2. The molecular weight excluding hydrogens is 831 g/mol. The molecule has 6 rings (SSSR count). The van der Waals surface area contributed by atoms with Crippen LogP contribution in [0.2, 0.25) is 0 Å². The summed E-state index contributed by atoms with van der Waals surface area (Å²) >= 11 is 0. The van der Waals surface area contributed by atoms with Crippen LogP contribution in [0, 0.1) is 0 Å². The van der Waals surface area contributed by atoms with E-state index in [4.69, 9.17) is 9.88 Å². The third-order valence-electron chi connectivity index (χ3n) is 11.2. The molecule has 6 N–H and O–H groups in total. The molecule has 5 aromatic carbocycles. The van der Waals surface area contributed by atoms with E-state index in [1.807, 2.05) is 78.9 Å². The number of carbonyl (C=O) groups is 4. The van der Waals surface area contributed by atoms with Gasteiger partial charge in [-0.1, -0.05) is 68.4 Å². The zero-order valence-corrected chi connectivity index (χ0v) is 37.3. The molecule has 1 heterocycles. The number of nitrogens with zero attached hydrogens (tertiary/aromatic N) is 2. The first-order valence-electron chi connectivity index (χ1n) is 21.2. The van der Waals surface area contributed by atoms with Crippen LogP contribution in [-0.4, -0.2) is 80.3 Å². The largest absolute Gasteiger partial charge is 0.465 e. The van der Waals surface area contributed by atoms with Crippen LogP contribution in [0.5, 0.6) is 0 Å². The summed E-state index contributed by atoms with van der Waals surface area (Å²) in [7, 11) is -0.788. The third-order valence-corrected chi connectivity index (χ3v) is 12.2. The molecule has 0 aliphatic carbocycles. The van der Waals surface area contributed by atoms with Crippen molar-refractivity contribution in [1.82, 2.24) is 14.8 Å². The molecule has 0 radical (unpaired) electrons. The van der Waals surface area contributed by atoms with Crippen LogP contribution in [0.15, 0.2) is 126 Å². The minimum absolute atomic E-state index is 0.0441. The van der Waals surface area contributed by atoms with Crippen molar-refractivity contribution in [1.29, 1.82) is 0 Å². The monoisotopic (exact) mass is 885 g/mol. The van der Waals surface area contributed by atoms with Crippen molar-refractivity contribution >= 4 is 61.9 Å². The Kier molecular flexibility index (Phi) is 15.7. The topological polar surface area (TPSA) is 196 Å². The predicted octanol–water partition coefficient (Wildman–Crippen LogP) is 8.44. The molecule has 0 aliphatic heterocycles. The average molecular weight is 886 g/mol. The van der Waals surface area contributed by atoms with E-state index < -0.39 is 10.0 Å². The number of primary sulfonamides is 1. The number of amides is 4. The van der Waals surface area contributed by atoms with Gasteiger partial charge in [-0.25, -0.2) is 23.1 Å². The summed E-state index contributed by atoms with van der Waals surface area (Å²) in [6.45, 7) is 5.74. The zero-order chi connectivity index (χ0) is 45.8. The van der Waals surface area contributed by atoms with Gasteiger partial charge < -0.3 is 30.6 Å². The Hall–Kier alpha value is -6.81. The highest BCUT2D eigenvalue weighted by Crippen LogP contribution is 2.28. The summed E-state index contributed by atoms with van der Waals surface area (Å²) < 4.78 is 28.0. The summed E-state index contributed by atoms with van der Waals surface area (Å²) in [6, 6.07) is 35.4. The second kappa shape index (κ2) is 21.5. The Balaban J connectivity index is 1.08. The molecule has 0 atom stereocenters. The summed E-state index contributed by atoms with van der Waals surface area (Å²) in [5.74, 6) is -0.825. The maximum atomic E-state index is 13.9. The number of fused-ring (bicyclic) bond motifs is 1. The number of benzene rings is 5. The number of aryl methyl sites for hydroxylation is 2. The van der Waals surface area contributed by atoms with Gasteiger partial charge >= 0.3 is 12.0 Å². The number of carbonyl (C=O) groups excluding carboxylic acids is 4. The van der Waals surface area contributed by atoms with Gasteiger partial charge in [0.2, 0.25) is 10.0 Å². The standard InChI is InChI=1S/C49H55N7O7S/c1-5-40(6-2)56(30-29-55(3)49(60)52-39-25-27-41(28-26-39)64(50,61)62)32-35-13-10-14-37(31-35)46(57)54-45-44(42-15-7-8-16-43(42)53-45)47(58)51-38-23-19-34(20-24-38)12-9-11-33-17-21-36(22-18-33)48(59)63-4/h7-8,10,13-28,31,40,53H,5-6,9,11-12,29-30,32H2,1-4H3,(H,51,58)(H,52,60)(H,54,57)(H2,50,61,62). The maximum absolute atomic E-state index is 13.9. The number of nitrogens with two attached hydrogens (primary N) is 1. The van der Waals surface area contributed by atoms with E-state index >= 15 is 0 Å². The molecule has 4 amide bonds. The second-order valence-corrected chi connectivity index (χ2v) is 17.2. The summed E-state index contributed by atoms with van der Waals surface area (Å²) in [5.41, 5.74) is 6.19. The highest BCUT2D eigenvalue weighted by Gasteiger charge is 2.23. The van der Waals surface area contributed by atoms with Crippen molar-refractivity contribution in [3.8, 4) is 0 Å². The highest BCUT2D eigenvalue weighted by atomic mass is 32.2. The number of urea groups is 1. The summed E-state index contributed by atoms with van der Waals surface area (Å²) in [6.07, 6.45) is 4.37. The lowest BCUT2D eigenvalue weighted by Gasteiger charge is -2.32. The van der Waals surface area contributed by atoms with E-state index in [1.165, 1.54) is 31.4 Å². The van der Waals surface area contributed by atoms with Crippen molar-refractivity contribution in [3.63, 3.8) is 0 Å². The Labute approximate surface area is 374 Å². The van der Waals surface area contributed by atoms with Crippen LogP contribution in [0.4, 0.5) is 22.0 Å². The van der Waals surface area contributed by atoms with E-state index in [0.29, 0.717) is 58.6 Å². The lowest BCUT2D eigenvalue weighted by Crippen LogP contribution is -2.42. The van der Waals surface area contributed by atoms with Crippen LogP contribution < -0.4 is 21.1 Å². The number of nitrogens with one attached hydrogen (secondary N) is 4. The Morgan fingerprint density at radius 3 is 1.97 bits per heavy atom. The normalized spacial score (nSPS) is 11.4. The van der Waals surface area contributed by atoms with Crippen molar-refractivity contribution in [2.75, 3.05) is 43.2 Å². The molecule has 64 heavy (non-hydrogen) atoms. The molecule has 0 aliphatic rings. The second-order valence-electron chi connectivity index (χ2n) is 15.6. The lowest BCUT2D eigenvalue weighted by atomic mass is 10.0. The first kappa shape index (κ1) is 46.7. The number of likely N-dealkylation sites (N-methyl/N-ethyl adjacent to an activating group) is 1. The van der Waals surface area contributed by atoms with Crippen molar-refractivity contribution in [2.24, 2.45) is 5.14 Å². The molecule has 14 nitrogen and oxygen atoms in total. The van der Waals surface area contributed by atoms with Crippen LogP contribution >= 0.6 is 0 Å². The van der Waals surface area contributed by atoms with Gasteiger partial charge in [0.15, 0.2) is 0 Å². The van der Waals surface area contributed by atoms with E-state index in [2.05, 4.69) is 39.7 Å². The molecule has 0 spiro atoms. The van der Waals surface area contributed by atoms with Crippen molar-refractivity contribution in [2.45, 2.75) is 63.4 Å². The fourth-order valence-corrected chi connectivity index (χ4v) is 8.11. The zero-order valence-electron chi connectivity index (χ0n) is 36.5. The number of hydrogen-bond donors (Lipinski definition) is 5. The highest BCUT2D eigenvalue weighted by molar-refractivity contribution is 7.89. The average Bonchev–Trinajstić information content (AvgIpc) is 3.66. The number of aromatic amines is 1. The number of ether oxygens (including phenoxy) is 1. The van der Waals surface area contributed by atoms with Crippen molar-refractivity contribution < 1.29 is 32.3 Å². The Morgan fingerprint density at radius 2 is 1.33 bits per heavy atom. The fourth-order valence-electron chi connectivity index (χ4n) is 7.60. The molecule has 15 heteroatoms. The molecule has 0 saturated heterocycles. The van der Waals surface area contributed by atoms with Gasteiger partial charge in [0.1, 0.15) is 5.82 Å². The molecule has 1 aromatic heterocycles. The van der Waals surface area contributed by atoms with Crippen molar-refractivity contribution in [3.05, 3.63) is 155 Å². The van der Waals surface area contributed by atoms with E-state index in [1.54, 1.807) is 30.1 Å². The molecule has 0 unspecified atom stereocenters. The number of rotatable bonds is 19. The van der Waals surface area contributed by atoms with Gasteiger partial charge in [0.05, 0.1) is 23.1 Å². The molecule has 6 aromatic rings. The first-order valence-corrected chi connectivity index (χ1v) is 22.8. The number of esters is 1. The van der Waals surface area contributed by atoms with Crippen LogP contribution in [0.3, 0.4) is 0 Å². The van der Waals surface area contributed by atoms with E-state index in [9.17, 15) is 27.6 Å². The summed E-state index contributed by atoms with van der Waals surface area (Å²) in [4.78, 5) is 59.7. The number of methoxy groups -OCH3 is 1. The molecule has 0 bridgehead atoms. The Bertz CT molecular complexity index is 2680. The first-order chi connectivity index (χ1) is 30.8. The number of aromatic nitrogens is 1. The van der Waals surface area contributed by atoms with Crippen LogP contribution in [0.1, 0.15) is 80.9 Å². The Morgan fingerprint density at radius 1 is 0.703 bits per heavy atom. The summed E-state index contributed by atoms with van der Waals surface area (Å²) in [5, 5.41) is 14.6. The van der Waals surface area contributed by atoms with Gasteiger partial charge in [-0.3, -0.25) is 14.5 Å². The van der Waals surface area contributed by atoms with Gasteiger partial charge in [0, 0.05) is 60.6 Å². The van der Waals surface area contributed by atoms with E-state index in [-0.39, 0.29) is 40.6 Å². The van der Waals surface area contributed by atoms with E-state index in [0.717, 1.165) is 48.8 Å². The fraction of sp³-hybridized carbons (Fsp3) is 0.265. The molecule has 0 fully saturated rings.